The fraction of sp³-hybridized carbons (Fsp3) is 0.700. The molecule has 3 N–H and O–H groups in total. The summed E-state index contributed by atoms with van der Waals surface area (Å²) in [6.07, 6.45) is 0.624. The van der Waals surface area contributed by atoms with Crippen LogP contribution in [0.5, 0.6) is 0 Å². The maximum absolute atomic E-state index is 11.3. The van der Waals surface area contributed by atoms with E-state index in [1.165, 1.54) is 7.11 Å². The molecule has 0 bridgehead atoms. The standard InChI is InChI=1S/C10H18N2O5/c1-3-17-10(15)8(11)9(14)12-6-4-5-7(13)16-2/h8H,3-6,11H2,1-2H3,(H,12,14). The van der Waals surface area contributed by atoms with Crippen LogP contribution in [0.3, 0.4) is 0 Å². The molecule has 0 spiro atoms. The van der Waals surface area contributed by atoms with Crippen molar-refractivity contribution in [3.05, 3.63) is 0 Å². The van der Waals surface area contributed by atoms with Gasteiger partial charge in [0.05, 0.1) is 13.7 Å². The lowest BCUT2D eigenvalue weighted by atomic mass is 10.2. The molecule has 1 atom stereocenters. The van der Waals surface area contributed by atoms with Crippen molar-refractivity contribution >= 4 is 17.8 Å². The zero-order chi connectivity index (χ0) is 13.3. The topological polar surface area (TPSA) is 108 Å². The molecule has 0 aliphatic rings. The van der Waals surface area contributed by atoms with E-state index in [0.717, 1.165) is 0 Å². The van der Waals surface area contributed by atoms with Gasteiger partial charge < -0.3 is 20.5 Å². The van der Waals surface area contributed by atoms with Crippen molar-refractivity contribution in [3.63, 3.8) is 0 Å². The molecule has 0 aromatic carbocycles. The van der Waals surface area contributed by atoms with Crippen LogP contribution in [0.15, 0.2) is 0 Å². The summed E-state index contributed by atoms with van der Waals surface area (Å²) in [5, 5.41) is 2.43. The van der Waals surface area contributed by atoms with E-state index in [9.17, 15) is 14.4 Å². The minimum atomic E-state index is -1.33. The van der Waals surface area contributed by atoms with Gasteiger partial charge in [-0.2, -0.15) is 0 Å². The van der Waals surface area contributed by atoms with Crippen molar-refractivity contribution in [2.75, 3.05) is 20.3 Å². The predicted molar refractivity (Wildman–Crippen MR) is 58.9 cm³/mol. The van der Waals surface area contributed by atoms with Crippen LogP contribution in [0.2, 0.25) is 0 Å². The molecule has 7 heteroatoms. The molecule has 0 saturated carbocycles. The first-order valence-corrected chi connectivity index (χ1v) is 5.29. The molecule has 17 heavy (non-hydrogen) atoms. The second-order valence-corrected chi connectivity index (χ2v) is 3.20. The third-order valence-electron chi connectivity index (χ3n) is 1.91. The number of hydrogen-bond donors (Lipinski definition) is 2. The van der Waals surface area contributed by atoms with Crippen LogP contribution in [0.4, 0.5) is 0 Å². The molecule has 1 unspecified atom stereocenters. The number of nitrogens with one attached hydrogen (secondary N) is 1. The number of carbonyl (C=O) groups excluding carboxylic acids is 3. The van der Waals surface area contributed by atoms with Crippen LogP contribution in [0, 0.1) is 0 Å². The Morgan fingerprint density at radius 2 is 2.00 bits per heavy atom. The summed E-state index contributed by atoms with van der Waals surface area (Å²) >= 11 is 0. The van der Waals surface area contributed by atoms with Crippen LogP contribution < -0.4 is 11.1 Å². The van der Waals surface area contributed by atoms with Crippen molar-refractivity contribution < 1.29 is 23.9 Å². The lowest BCUT2D eigenvalue weighted by Crippen LogP contribution is -2.47. The Balaban J connectivity index is 3.78. The normalized spacial score (nSPS) is 11.5. The van der Waals surface area contributed by atoms with E-state index in [1.807, 2.05) is 0 Å². The largest absolute Gasteiger partial charge is 0.469 e. The van der Waals surface area contributed by atoms with E-state index in [0.29, 0.717) is 6.42 Å². The Bertz CT molecular complexity index is 280. The molecular weight excluding hydrogens is 228 g/mol. The third kappa shape index (κ3) is 6.52. The van der Waals surface area contributed by atoms with Crippen LogP contribution in [0.25, 0.3) is 0 Å². The van der Waals surface area contributed by atoms with Crippen LogP contribution in [-0.2, 0) is 23.9 Å². The molecule has 0 aliphatic heterocycles. The smallest absolute Gasteiger partial charge is 0.332 e. The molecule has 0 aliphatic carbocycles. The van der Waals surface area contributed by atoms with Crippen LogP contribution >= 0.6 is 0 Å². The highest BCUT2D eigenvalue weighted by atomic mass is 16.5. The van der Waals surface area contributed by atoms with E-state index in [2.05, 4.69) is 14.8 Å². The summed E-state index contributed by atoms with van der Waals surface area (Å²) in [7, 11) is 1.29. The second kappa shape index (κ2) is 8.51. The summed E-state index contributed by atoms with van der Waals surface area (Å²) in [5.41, 5.74) is 5.34. The van der Waals surface area contributed by atoms with Gasteiger partial charge >= 0.3 is 11.9 Å². The first-order chi connectivity index (χ1) is 8.02. The lowest BCUT2D eigenvalue weighted by molar-refractivity contribution is -0.148. The number of esters is 2. The monoisotopic (exact) mass is 246 g/mol. The number of methoxy groups -OCH3 is 1. The fourth-order valence-electron chi connectivity index (χ4n) is 0.995. The van der Waals surface area contributed by atoms with Crippen molar-refractivity contribution in [2.45, 2.75) is 25.8 Å². The van der Waals surface area contributed by atoms with E-state index >= 15 is 0 Å². The molecule has 0 fully saturated rings. The maximum atomic E-state index is 11.3. The Morgan fingerprint density at radius 3 is 2.53 bits per heavy atom. The Morgan fingerprint density at radius 1 is 1.35 bits per heavy atom. The summed E-state index contributed by atoms with van der Waals surface area (Å²) in [4.78, 5) is 33.2. The van der Waals surface area contributed by atoms with Gasteiger partial charge in [0.2, 0.25) is 5.91 Å². The van der Waals surface area contributed by atoms with Gasteiger partial charge in [0.25, 0.3) is 0 Å². The van der Waals surface area contributed by atoms with Gasteiger partial charge in [-0.15, -0.1) is 0 Å². The number of amides is 1. The second-order valence-electron chi connectivity index (χ2n) is 3.20. The first kappa shape index (κ1) is 15.4. The Labute approximate surface area is 99.6 Å². The van der Waals surface area contributed by atoms with Gasteiger partial charge in [-0.25, -0.2) is 4.79 Å². The summed E-state index contributed by atoms with van der Waals surface area (Å²) in [5.74, 6) is -1.74. The van der Waals surface area contributed by atoms with E-state index in [4.69, 9.17) is 5.73 Å². The summed E-state index contributed by atoms with van der Waals surface area (Å²) in [6.45, 7) is 2.04. The number of ether oxygens (including phenoxy) is 2. The number of carbonyl (C=O) groups is 3. The van der Waals surface area contributed by atoms with Gasteiger partial charge in [0.1, 0.15) is 0 Å². The minimum Gasteiger partial charge on any atom is -0.469 e. The molecule has 7 nitrogen and oxygen atoms in total. The maximum Gasteiger partial charge on any atom is 0.332 e. The number of hydrogen-bond acceptors (Lipinski definition) is 6. The average Bonchev–Trinajstić information content (AvgIpc) is 2.33. The van der Waals surface area contributed by atoms with Crippen molar-refractivity contribution in [1.82, 2.24) is 5.32 Å². The summed E-state index contributed by atoms with van der Waals surface area (Å²) < 4.78 is 9.01. The van der Waals surface area contributed by atoms with E-state index < -0.39 is 17.9 Å². The van der Waals surface area contributed by atoms with Crippen LogP contribution in [0.1, 0.15) is 19.8 Å². The van der Waals surface area contributed by atoms with E-state index in [1.54, 1.807) is 6.92 Å². The molecule has 0 saturated heterocycles. The highest BCUT2D eigenvalue weighted by molar-refractivity contribution is 6.01. The molecule has 0 aromatic heterocycles. The molecule has 0 aromatic rings. The quantitative estimate of drug-likeness (QED) is 0.337. The van der Waals surface area contributed by atoms with Crippen LogP contribution in [-0.4, -0.2) is 44.1 Å². The van der Waals surface area contributed by atoms with Gasteiger partial charge in [-0.1, -0.05) is 0 Å². The minimum absolute atomic E-state index is 0.169. The highest BCUT2D eigenvalue weighted by Gasteiger charge is 2.22. The average molecular weight is 246 g/mol. The van der Waals surface area contributed by atoms with Gasteiger partial charge in [-0.3, -0.25) is 9.59 Å². The number of rotatable bonds is 7. The molecule has 0 radical (unpaired) electrons. The zero-order valence-corrected chi connectivity index (χ0v) is 10.0. The van der Waals surface area contributed by atoms with Gasteiger partial charge in [-0.05, 0) is 13.3 Å². The van der Waals surface area contributed by atoms with Gasteiger partial charge in [0, 0.05) is 13.0 Å². The summed E-state index contributed by atoms with van der Waals surface area (Å²) in [6, 6.07) is -1.33. The first-order valence-electron chi connectivity index (χ1n) is 5.29. The molecule has 0 heterocycles. The SMILES string of the molecule is CCOC(=O)C(N)C(=O)NCCCC(=O)OC. The predicted octanol–water partition coefficient (Wildman–Crippen LogP) is -1.05. The van der Waals surface area contributed by atoms with Crippen molar-refractivity contribution in [2.24, 2.45) is 5.73 Å². The van der Waals surface area contributed by atoms with E-state index in [-0.39, 0.29) is 25.5 Å². The zero-order valence-electron chi connectivity index (χ0n) is 10.0. The molecule has 98 valence electrons. The Kier molecular flexibility index (Phi) is 7.70. The van der Waals surface area contributed by atoms with Gasteiger partial charge in [0.15, 0.2) is 6.04 Å². The molecule has 0 rings (SSSR count). The Hall–Kier alpha value is -1.63. The molecule has 1 amide bonds. The number of nitrogens with two attached hydrogens (primary N) is 1. The van der Waals surface area contributed by atoms with Crippen molar-refractivity contribution in [3.8, 4) is 0 Å². The fourth-order valence-corrected chi connectivity index (χ4v) is 0.995. The third-order valence-corrected chi connectivity index (χ3v) is 1.91. The van der Waals surface area contributed by atoms with Crippen molar-refractivity contribution in [1.29, 1.82) is 0 Å². The molecular formula is C10H18N2O5. The highest BCUT2D eigenvalue weighted by Crippen LogP contribution is 1.91. The lowest BCUT2D eigenvalue weighted by Gasteiger charge is -2.10.